The molecule has 0 aliphatic heterocycles. The van der Waals surface area contributed by atoms with E-state index in [1.807, 2.05) is 178 Å². The van der Waals surface area contributed by atoms with Gasteiger partial charge in [-0.3, -0.25) is 24.0 Å². The smallest absolute Gasteiger partial charge is 0.255 e. The minimum atomic E-state index is -0.634. The molecular formula is C113H194N24O9S2. The molecule has 0 saturated heterocycles. The molecule has 7 aromatic rings. The van der Waals surface area contributed by atoms with Crippen LogP contribution in [0.3, 0.4) is 0 Å². The molecule has 0 aliphatic carbocycles. The van der Waals surface area contributed by atoms with Gasteiger partial charge in [-0.25, -0.2) is 0 Å². The van der Waals surface area contributed by atoms with E-state index in [1.54, 1.807) is 24.3 Å². The van der Waals surface area contributed by atoms with Crippen molar-refractivity contribution in [2.24, 2.45) is 5.73 Å². The number of amides is 5. The second-order valence-electron chi connectivity index (χ2n) is 36.1. The van der Waals surface area contributed by atoms with Gasteiger partial charge in [0, 0.05) is 206 Å². The van der Waals surface area contributed by atoms with Gasteiger partial charge in [0.2, 0.25) is 11.8 Å². The van der Waals surface area contributed by atoms with E-state index in [2.05, 4.69) is 194 Å². The van der Waals surface area contributed by atoms with Gasteiger partial charge in [-0.2, -0.15) is 0 Å². The number of methoxy groups -OCH3 is 1. The quantitative estimate of drug-likeness (QED) is 0.0158. The summed E-state index contributed by atoms with van der Waals surface area (Å²) in [5, 5.41) is 70.2. The van der Waals surface area contributed by atoms with E-state index in [1.165, 1.54) is 54.8 Å². The molecule has 0 bridgehead atoms. The Kier molecular flexibility index (Phi) is 84.5. The molecule has 0 heterocycles. The van der Waals surface area contributed by atoms with Gasteiger partial charge in [0.05, 0.1) is 32.3 Å². The number of thiocarbonyl (C=S) groups is 2. The Morgan fingerprint density at radius 1 is 0.324 bits per heavy atom. The molecular weight excluding hydrogens is 1900 g/mol. The minimum absolute atomic E-state index is 0.00932. The molecule has 0 aliphatic rings. The van der Waals surface area contributed by atoms with Crippen LogP contribution in [-0.4, -0.2) is 382 Å². The maximum absolute atomic E-state index is 12.1. The molecule has 20 N–H and O–H groups in total. The van der Waals surface area contributed by atoms with Crippen molar-refractivity contribution in [2.75, 3.05) is 303 Å². The maximum Gasteiger partial charge on any atom is 0.255 e. The van der Waals surface area contributed by atoms with Gasteiger partial charge in [0.15, 0.2) is 21.7 Å². The number of carbonyl (C=O) groups excluding carboxylic acids is 5. The Morgan fingerprint density at radius 3 is 0.993 bits per heavy atom. The van der Waals surface area contributed by atoms with Gasteiger partial charge in [0.1, 0.15) is 11.8 Å². The van der Waals surface area contributed by atoms with Gasteiger partial charge in [-0.05, 0) is 263 Å². The summed E-state index contributed by atoms with van der Waals surface area (Å²) < 4.78 is 10.5. The Morgan fingerprint density at radius 2 is 0.628 bits per heavy atom. The number of nitrogens with two attached hydrogens (primary N) is 1. The third-order valence-electron chi connectivity index (χ3n) is 23.0. The lowest BCUT2D eigenvalue weighted by molar-refractivity contribution is -0.124. The first-order valence-corrected chi connectivity index (χ1v) is 54.4. The lowest BCUT2D eigenvalue weighted by Gasteiger charge is -2.22. The molecule has 148 heavy (non-hydrogen) atoms. The first-order valence-electron chi connectivity index (χ1n) is 53.5. The van der Waals surface area contributed by atoms with Gasteiger partial charge in [-0.1, -0.05) is 174 Å². The molecule has 0 aromatic heterocycles. The fourth-order valence-corrected chi connectivity index (χ4v) is 15.3. The van der Waals surface area contributed by atoms with Crippen molar-refractivity contribution in [2.45, 2.75) is 133 Å². The number of carbonyl (C=O) groups is 5. The van der Waals surface area contributed by atoms with Gasteiger partial charge >= 0.3 is 0 Å². The number of phenols is 2. The molecule has 0 radical (unpaired) electrons. The van der Waals surface area contributed by atoms with Crippen LogP contribution in [0.15, 0.2) is 176 Å². The summed E-state index contributed by atoms with van der Waals surface area (Å²) in [5.74, 6) is -0.0937. The van der Waals surface area contributed by atoms with Gasteiger partial charge < -0.3 is 145 Å². The monoisotopic (exact) mass is 2100 g/mol. The van der Waals surface area contributed by atoms with Crippen LogP contribution >= 0.6 is 24.4 Å². The number of benzene rings is 7. The van der Waals surface area contributed by atoms with Crippen LogP contribution in [0.5, 0.6) is 17.2 Å². The summed E-state index contributed by atoms with van der Waals surface area (Å²) in [6, 6.07) is 54.4. The predicted octanol–water partition coefficient (Wildman–Crippen LogP) is 10.1. The SMILES string of the molecule is CCCN(CCNC)CCNC(=O)C(N)COCc1ccccc1.CCCN(CCNC)CCNC(=O)Cc1ccc(C)cc1.CCCN(CCNC)CCNC(=O)c1ccc(C)cc1.CCCN(CCNC)CCNC(=O)c1ccc(O)c(OC)c1.CCCN(CCNC)CCNC(=O)c1ccccc1O.CCCN(CCNC)CCNC(=S)Nc1ccc(C)cc1.CCCN(CCNC)CCNC(=S)Nc1ccccc1. The number of phenolic OH excluding ortho intramolecular Hbond substituents is 2. The van der Waals surface area contributed by atoms with E-state index >= 15 is 0 Å². The normalized spacial score (nSPS) is 11.0. The van der Waals surface area contributed by atoms with E-state index < -0.39 is 6.04 Å². The zero-order valence-corrected chi connectivity index (χ0v) is 95.0. The van der Waals surface area contributed by atoms with Crippen molar-refractivity contribution < 1.29 is 43.7 Å². The summed E-state index contributed by atoms with van der Waals surface area (Å²) in [6.07, 6.45) is 8.38. The van der Waals surface area contributed by atoms with Gasteiger partial charge in [-0.15, -0.1) is 0 Å². The van der Waals surface area contributed by atoms with E-state index in [0.29, 0.717) is 72.9 Å². The van der Waals surface area contributed by atoms with Crippen molar-refractivity contribution in [3.8, 4) is 17.2 Å². The molecule has 1 unspecified atom stereocenters. The summed E-state index contributed by atoms with van der Waals surface area (Å²) in [7, 11) is 15.2. The molecule has 832 valence electrons. The first kappa shape index (κ1) is 136. The number of anilines is 2. The van der Waals surface area contributed by atoms with Crippen molar-refractivity contribution in [3.63, 3.8) is 0 Å². The highest BCUT2D eigenvalue weighted by atomic mass is 32.1. The summed E-state index contributed by atoms with van der Waals surface area (Å²) >= 11 is 10.6. The van der Waals surface area contributed by atoms with Crippen LogP contribution in [0.25, 0.3) is 0 Å². The largest absolute Gasteiger partial charge is 0.507 e. The van der Waals surface area contributed by atoms with Crippen molar-refractivity contribution in [1.29, 1.82) is 0 Å². The van der Waals surface area contributed by atoms with Crippen LogP contribution in [-0.2, 0) is 27.4 Å². The van der Waals surface area contributed by atoms with E-state index in [4.69, 9.17) is 39.6 Å². The fourth-order valence-electron chi connectivity index (χ4n) is 14.8. The summed E-state index contributed by atoms with van der Waals surface area (Å²) in [5.41, 5.74) is 15.2. The Hall–Kier alpha value is -9.97. The second kappa shape index (κ2) is 92.0. The average molecular weight is 2100 g/mol. The topological polar surface area (TPSA) is 385 Å². The molecule has 33 nitrogen and oxygen atoms in total. The van der Waals surface area contributed by atoms with Crippen molar-refractivity contribution in [1.82, 2.24) is 109 Å². The number of hydrogen-bond donors (Lipinski definition) is 19. The molecule has 5 amide bonds. The Bertz CT molecular complexity index is 4380. The molecule has 7 rings (SSSR count). The number of likely N-dealkylation sites (N-methyl/N-ethyl adjacent to an activating group) is 7. The van der Waals surface area contributed by atoms with Gasteiger partial charge in [0.25, 0.3) is 17.7 Å². The highest BCUT2D eigenvalue weighted by Gasteiger charge is 2.18. The van der Waals surface area contributed by atoms with E-state index in [9.17, 15) is 34.2 Å². The molecule has 7 aromatic carbocycles. The number of aromatic hydroxyl groups is 2. The zero-order chi connectivity index (χ0) is 109. The van der Waals surface area contributed by atoms with E-state index in [0.717, 1.165) is 257 Å². The van der Waals surface area contributed by atoms with Crippen LogP contribution < -0.4 is 95.5 Å². The predicted molar refractivity (Wildman–Crippen MR) is 627 cm³/mol. The first-order chi connectivity index (χ1) is 71.7. The van der Waals surface area contributed by atoms with Crippen LogP contribution in [0.2, 0.25) is 0 Å². The lowest BCUT2D eigenvalue weighted by atomic mass is 10.1. The summed E-state index contributed by atoms with van der Waals surface area (Å²) in [6.45, 7) is 54.7. The molecule has 0 fully saturated rings. The minimum Gasteiger partial charge on any atom is -0.507 e. The number of nitrogens with one attached hydrogen (secondary N) is 16. The summed E-state index contributed by atoms with van der Waals surface area (Å²) in [4.78, 5) is 76.5. The Labute approximate surface area is 902 Å². The molecule has 0 spiro atoms. The number of nitrogens with zero attached hydrogens (tertiary/aromatic N) is 7. The van der Waals surface area contributed by atoms with Crippen LogP contribution in [0.4, 0.5) is 11.4 Å². The Balaban J connectivity index is 0.000000864. The van der Waals surface area contributed by atoms with E-state index in [-0.39, 0.29) is 47.6 Å². The molecule has 35 heteroatoms. The standard InChI is InChI=1S/C18H32N4O2.C17H29N3O.C16H28N4S.C16H27N3O3.C16H27N3O.C15H26N4S.C15H25N3O2/c1-3-11-22(12-9-20-2)13-10-21-18(23)17(19)15-24-14-16-7-5-4-6-8-16;1-4-11-20(12-9-18-3)13-10-19-17(21)14-16-7-5-15(2)6-8-16;1-4-11-20(12-9-17-3)13-10-18-16(21)19-15-7-5-14(2)6-8-15;1-4-9-19(10-7-17-2)11-8-18-16(21)13-5-6-14(20)15(12-13)22-3;1-4-11-19(12-9-17-3)13-10-18-16(20)15-7-5-14(2)6-8-15;1-3-11-19(12-9-16-2)13-10-17-15(20)18-14-7-5-4-6-8-14;1-3-10-18(11-8-16-2)12-9-17-15(20)13-6-4-5-7-14(13)19/h4-8,17,20H,3,9-15,19H2,1-2H3,(H,21,23);5-8,18H,4,9-14H2,1-3H3,(H,19,21);5-8,17H,4,9-13H2,1-3H3,(H2,18,19,21);5-6,12,17,20H,4,7-11H2,1-3H3,(H,18,21);5-8,17H,4,9-13H2,1-3H3,(H,18,20);4-8,16H,3,9-13H2,1-2H3,(H2,17,18,20);4-7,16,19H,3,8-12H2,1-2H3,(H,17,20). The van der Waals surface area contributed by atoms with Crippen molar-refractivity contribution in [3.05, 3.63) is 220 Å². The third kappa shape index (κ3) is 70.9. The third-order valence-corrected chi connectivity index (χ3v) is 23.5. The van der Waals surface area contributed by atoms with Crippen molar-refractivity contribution >= 4 is 75.6 Å². The number of aryl methyl sites for hydroxylation is 3. The molecule has 1 atom stereocenters. The number of hydrogen-bond acceptors (Lipinski definition) is 26. The fraction of sp³-hybridized carbons (Fsp3) is 0.566. The molecule has 0 saturated carbocycles. The van der Waals surface area contributed by atoms with Crippen LogP contribution in [0, 0.1) is 20.8 Å². The second-order valence-corrected chi connectivity index (χ2v) is 36.9. The zero-order valence-electron chi connectivity index (χ0n) is 93.4. The maximum atomic E-state index is 12.1. The number of para-hydroxylation sites is 2. The number of rotatable bonds is 69. The average Bonchev–Trinajstić information content (AvgIpc) is 0.843. The highest BCUT2D eigenvalue weighted by Crippen LogP contribution is 2.26. The highest BCUT2D eigenvalue weighted by molar-refractivity contribution is 7.80. The van der Waals surface area contributed by atoms with Crippen LogP contribution in [0.1, 0.15) is 152 Å². The lowest BCUT2D eigenvalue weighted by Crippen LogP contribution is -2.46. The number of ether oxygens (including phenoxy) is 2.